The Hall–Kier alpha value is -2.36. The zero-order chi connectivity index (χ0) is 35.5. The molecule has 0 aromatic rings. The molecule has 49 heavy (non-hydrogen) atoms. The fourth-order valence-electron chi connectivity index (χ4n) is 9.01. The van der Waals surface area contributed by atoms with E-state index < -0.39 is 18.2 Å². The summed E-state index contributed by atoms with van der Waals surface area (Å²) in [6.45, 7) is 9.47. The van der Waals surface area contributed by atoms with Crippen LogP contribution in [0, 0.1) is 29.1 Å². The van der Waals surface area contributed by atoms with E-state index in [-0.39, 0.29) is 55.9 Å². The van der Waals surface area contributed by atoms with Crippen LogP contribution in [0.25, 0.3) is 0 Å². The first-order chi connectivity index (χ1) is 23.6. The van der Waals surface area contributed by atoms with Gasteiger partial charge in [-0.2, -0.15) is 0 Å². The molecule has 282 valence electrons. The van der Waals surface area contributed by atoms with Crippen LogP contribution in [0.4, 0.5) is 4.79 Å². The summed E-state index contributed by atoms with van der Waals surface area (Å²) in [6, 6.07) is 0. The highest BCUT2D eigenvalue weighted by Crippen LogP contribution is 2.61. The molecule has 4 bridgehead atoms. The van der Waals surface area contributed by atoms with Crippen molar-refractivity contribution in [2.24, 2.45) is 29.1 Å². The number of hydrogen-bond acceptors (Lipinski definition) is 9. The van der Waals surface area contributed by atoms with E-state index in [4.69, 9.17) is 24.1 Å². The second-order valence-electron chi connectivity index (χ2n) is 15.4. The third-order valence-corrected chi connectivity index (χ3v) is 11.1. The van der Waals surface area contributed by atoms with Crippen LogP contribution >= 0.6 is 0 Å². The molecule has 0 heterocycles. The Morgan fingerprint density at radius 2 is 1.35 bits per heavy atom. The molecule has 0 radical (unpaired) electrons. The summed E-state index contributed by atoms with van der Waals surface area (Å²) in [7, 11) is 0. The predicted octanol–water partition coefficient (Wildman–Crippen LogP) is 8.33. The molecule has 2 atom stereocenters. The van der Waals surface area contributed by atoms with Crippen LogP contribution in [0.1, 0.15) is 149 Å². The van der Waals surface area contributed by atoms with Crippen molar-refractivity contribution in [3.63, 3.8) is 0 Å². The van der Waals surface area contributed by atoms with Gasteiger partial charge in [0.25, 0.3) is 0 Å². The first-order valence-electron chi connectivity index (χ1n) is 19.7. The van der Waals surface area contributed by atoms with Gasteiger partial charge in [0.05, 0.1) is 19.6 Å². The van der Waals surface area contributed by atoms with Gasteiger partial charge in [-0.15, -0.1) is 0 Å². The van der Waals surface area contributed by atoms with E-state index in [2.05, 4.69) is 25.7 Å². The van der Waals surface area contributed by atoms with Gasteiger partial charge >= 0.3 is 24.1 Å². The lowest BCUT2D eigenvalue weighted by atomic mass is 9.49. The molecule has 0 aromatic heterocycles. The van der Waals surface area contributed by atoms with E-state index in [1.54, 1.807) is 0 Å². The van der Waals surface area contributed by atoms with Gasteiger partial charge < -0.3 is 29.0 Å². The number of aliphatic carboxylic acids is 1. The highest BCUT2D eigenvalue weighted by atomic mass is 16.7. The largest absolute Gasteiger partial charge is 0.508 e. The molecule has 4 rings (SSSR count). The minimum Gasteiger partial charge on any atom is -0.481 e. The molecule has 4 fully saturated rings. The summed E-state index contributed by atoms with van der Waals surface area (Å²) >= 11 is 0. The fraction of sp³-hybridized carbons (Fsp3) is 0.897. The van der Waals surface area contributed by atoms with Crippen LogP contribution in [0.5, 0.6) is 0 Å². The van der Waals surface area contributed by atoms with Crippen LogP contribution in [0.15, 0.2) is 0 Å². The Bertz CT molecular complexity index is 962. The van der Waals surface area contributed by atoms with Crippen molar-refractivity contribution >= 4 is 24.1 Å². The number of carbonyl (C=O) groups is 4. The van der Waals surface area contributed by atoms with Crippen molar-refractivity contribution in [3.05, 3.63) is 0 Å². The maximum atomic E-state index is 13.3. The maximum absolute atomic E-state index is 13.3. The van der Waals surface area contributed by atoms with Gasteiger partial charge in [-0.25, -0.2) is 4.79 Å². The molecule has 0 spiro atoms. The molecule has 0 amide bonds. The number of carboxylic acid groups (broad SMARTS) is 1. The molecule has 10 nitrogen and oxygen atoms in total. The molecular formula is C39H67NO9. The maximum Gasteiger partial charge on any atom is 0.508 e. The normalized spacial score (nSPS) is 23.6. The van der Waals surface area contributed by atoms with Crippen LogP contribution < -0.4 is 0 Å². The Morgan fingerprint density at radius 1 is 0.735 bits per heavy atom. The van der Waals surface area contributed by atoms with Crippen LogP contribution in [0.3, 0.4) is 0 Å². The van der Waals surface area contributed by atoms with E-state index in [1.807, 2.05) is 0 Å². The third-order valence-electron chi connectivity index (χ3n) is 11.1. The predicted molar refractivity (Wildman–Crippen MR) is 188 cm³/mol. The fourth-order valence-corrected chi connectivity index (χ4v) is 9.01. The van der Waals surface area contributed by atoms with Crippen molar-refractivity contribution in [1.82, 2.24) is 4.90 Å². The average molecular weight is 694 g/mol. The molecular weight excluding hydrogens is 626 g/mol. The summed E-state index contributed by atoms with van der Waals surface area (Å²) in [5.41, 5.74) is 0.0727. The zero-order valence-electron chi connectivity index (χ0n) is 30.9. The van der Waals surface area contributed by atoms with Crippen LogP contribution in [-0.2, 0) is 33.3 Å². The van der Waals surface area contributed by atoms with Crippen molar-refractivity contribution in [1.29, 1.82) is 0 Å². The van der Waals surface area contributed by atoms with Crippen LogP contribution in [0.2, 0.25) is 0 Å². The topological polar surface area (TPSA) is 129 Å². The molecule has 2 unspecified atom stereocenters. The highest BCUT2D eigenvalue weighted by molar-refractivity contribution is 5.71. The van der Waals surface area contributed by atoms with E-state index in [0.717, 1.165) is 75.9 Å². The number of rotatable bonds is 27. The van der Waals surface area contributed by atoms with Gasteiger partial charge in [0.1, 0.15) is 12.7 Å². The average Bonchev–Trinajstić information content (AvgIpc) is 3.05. The molecule has 4 aliphatic carbocycles. The van der Waals surface area contributed by atoms with Crippen molar-refractivity contribution < 1.29 is 43.2 Å². The van der Waals surface area contributed by atoms with Gasteiger partial charge in [0.15, 0.2) is 0 Å². The molecule has 10 heteroatoms. The van der Waals surface area contributed by atoms with E-state index in [9.17, 15) is 19.2 Å². The number of carboxylic acids is 1. The lowest BCUT2D eigenvalue weighted by molar-refractivity contribution is -0.157. The van der Waals surface area contributed by atoms with Gasteiger partial charge in [0.2, 0.25) is 0 Å². The van der Waals surface area contributed by atoms with Crippen LogP contribution in [-0.4, -0.2) is 79.6 Å². The smallest absolute Gasteiger partial charge is 0.481 e. The lowest BCUT2D eigenvalue weighted by Gasteiger charge is -2.56. The van der Waals surface area contributed by atoms with Gasteiger partial charge in [-0.05, 0) is 113 Å². The SMILES string of the molecule is CCCCCCCCC(CC(COC(=O)CC12CC3CC(CC(C3)C1)C2)COC(=O)OCCCN(CC)CC)OC(=O)CCCCC(=O)O. The Kier molecular flexibility index (Phi) is 18.8. The number of unbranched alkanes of at least 4 members (excludes halogenated alkanes) is 6. The van der Waals surface area contributed by atoms with Gasteiger partial charge in [-0.1, -0.05) is 52.9 Å². The minimum atomic E-state index is -0.877. The summed E-state index contributed by atoms with van der Waals surface area (Å²) < 4.78 is 22.8. The first kappa shape index (κ1) is 41.1. The number of nitrogens with zero attached hydrogens (tertiary/aromatic N) is 1. The molecule has 0 saturated heterocycles. The third kappa shape index (κ3) is 16.0. The quantitative estimate of drug-likeness (QED) is 0.0509. The van der Waals surface area contributed by atoms with Gasteiger partial charge in [0, 0.05) is 25.3 Å². The standard InChI is InChI=1S/C39H67NO9/c1-4-7-8-9-10-11-15-34(49-36(43)17-13-12-16-35(41)42)23-33(29-48-38(45)46-19-14-18-40(5-2)6-3)28-47-37(44)27-39-24-30-20-31(25-39)22-32(21-30)26-39/h30-34H,4-29H2,1-3H3,(H,41,42). The summed E-state index contributed by atoms with van der Waals surface area (Å²) in [6.07, 6.45) is 16.1. The van der Waals surface area contributed by atoms with Crippen molar-refractivity contribution in [2.75, 3.05) is 39.5 Å². The monoisotopic (exact) mass is 693 g/mol. The zero-order valence-corrected chi connectivity index (χ0v) is 30.9. The van der Waals surface area contributed by atoms with Crippen molar-refractivity contribution in [3.8, 4) is 0 Å². The second kappa shape index (κ2) is 22.5. The molecule has 4 saturated carbocycles. The number of ether oxygens (including phenoxy) is 4. The Morgan fingerprint density at radius 3 is 1.98 bits per heavy atom. The molecule has 0 aromatic carbocycles. The van der Waals surface area contributed by atoms with E-state index in [0.29, 0.717) is 38.5 Å². The van der Waals surface area contributed by atoms with Crippen molar-refractivity contribution in [2.45, 2.75) is 155 Å². The summed E-state index contributed by atoms with van der Waals surface area (Å²) in [5, 5.41) is 8.93. The minimum absolute atomic E-state index is 0.00266. The molecule has 4 aliphatic rings. The first-order valence-corrected chi connectivity index (χ1v) is 19.7. The summed E-state index contributed by atoms with van der Waals surface area (Å²) in [5.74, 6) is 0.478. The number of esters is 2. The summed E-state index contributed by atoms with van der Waals surface area (Å²) in [4.78, 5) is 51.8. The number of hydrogen-bond donors (Lipinski definition) is 1. The van der Waals surface area contributed by atoms with E-state index in [1.165, 1.54) is 38.5 Å². The van der Waals surface area contributed by atoms with E-state index >= 15 is 0 Å². The Labute approximate surface area is 295 Å². The van der Waals surface area contributed by atoms with Gasteiger partial charge in [-0.3, -0.25) is 14.4 Å². The Balaban J connectivity index is 1.57. The molecule has 1 N–H and O–H groups in total. The lowest BCUT2D eigenvalue weighted by Crippen LogP contribution is -2.47. The molecule has 0 aliphatic heterocycles. The second-order valence-corrected chi connectivity index (χ2v) is 15.4. The number of carbonyl (C=O) groups excluding carboxylic acids is 3. The highest BCUT2D eigenvalue weighted by Gasteiger charge is 2.51.